The molecule has 1 amide bonds. The Balaban J connectivity index is 1.55. The van der Waals surface area contributed by atoms with Gasteiger partial charge < -0.3 is 19.8 Å². The van der Waals surface area contributed by atoms with Crippen molar-refractivity contribution in [1.29, 1.82) is 0 Å². The topological polar surface area (TPSA) is 76.2 Å². The highest BCUT2D eigenvalue weighted by atomic mass is 16.5. The van der Waals surface area contributed by atoms with E-state index in [4.69, 9.17) is 9.47 Å². The first-order valence-corrected chi connectivity index (χ1v) is 8.64. The minimum atomic E-state index is -0.0155. The van der Waals surface area contributed by atoms with Crippen molar-refractivity contribution < 1.29 is 14.3 Å². The predicted molar refractivity (Wildman–Crippen MR) is 101 cm³/mol. The fourth-order valence-corrected chi connectivity index (χ4v) is 2.76. The number of pyridine rings is 1. The fraction of sp³-hybridized carbons (Fsp3) is 0.300. The summed E-state index contributed by atoms with van der Waals surface area (Å²) in [7, 11) is 0. The molecule has 1 aromatic carbocycles. The zero-order chi connectivity index (χ0) is 18.4. The molecule has 0 radical (unpaired) electrons. The lowest BCUT2D eigenvalue weighted by Crippen LogP contribution is -2.22. The van der Waals surface area contributed by atoms with E-state index in [1.54, 1.807) is 6.20 Å². The number of fused-ring (bicyclic) bond motifs is 1. The first-order chi connectivity index (χ1) is 12.6. The largest absolute Gasteiger partial charge is 0.490 e. The van der Waals surface area contributed by atoms with Gasteiger partial charge in [-0.15, -0.1) is 0 Å². The standard InChI is InChI=1S/C20H23N3O3/c1-14-11-18(6-8-21-14)26-10-9-25-17-3-4-20-19(12-17)16(13-23-20)5-7-22-15(2)24/h3-4,6,8,11-13,23H,5,7,9-10H2,1-2H3,(H,22,24). The Labute approximate surface area is 152 Å². The smallest absolute Gasteiger partial charge is 0.216 e. The molecule has 0 aliphatic carbocycles. The third kappa shape index (κ3) is 4.75. The van der Waals surface area contributed by atoms with Gasteiger partial charge in [-0.05, 0) is 43.2 Å². The van der Waals surface area contributed by atoms with Gasteiger partial charge in [0.2, 0.25) is 5.91 Å². The molecule has 6 heteroatoms. The highest BCUT2D eigenvalue weighted by Gasteiger charge is 2.06. The highest BCUT2D eigenvalue weighted by Crippen LogP contribution is 2.24. The highest BCUT2D eigenvalue weighted by molar-refractivity contribution is 5.84. The monoisotopic (exact) mass is 353 g/mol. The van der Waals surface area contributed by atoms with Crippen molar-refractivity contribution in [2.24, 2.45) is 0 Å². The van der Waals surface area contributed by atoms with Crippen molar-refractivity contribution in [3.63, 3.8) is 0 Å². The normalized spacial score (nSPS) is 10.7. The van der Waals surface area contributed by atoms with Crippen LogP contribution in [0.4, 0.5) is 0 Å². The number of ether oxygens (including phenoxy) is 2. The summed E-state index contributed by atoms with van der Waals surface area (Å²) in [5.41, 5.74) is 3.13. The van der Waals surface area contributed by atoms with E-state index in [-0.39, 0.29) is 5.91 Å². The molecular weight excluding hydrogens is 330 g/mol. The molecular formula is C20H23N3O3. The molecule has 26 heavy (non-hydrogen) atoms. The SMILES string of the molecule is CC(=O)NCCc1c[nH]c2ccc(OCCOc3ccnc(C)c3)cc12. The van der Waals surface area contributed by atoms with Gasteiger partial charge in [-0.25, -0.2) is 0 Å². The maximum Gasteiger partial charge on any atom is 0.216 e. The van der Waals surface area contributed by atoms with E-state index in [0.717, 1.165) is 40.1 Å². The Bertz CT molecular complexity index is 889. The minimum Gasteiger partial charge on any atom is -0.490 e. The molecule has 6 nitrogen and oxygen atoms in total. The minimum absolute atomic E-state index is 0.0155. The molecule has 0 unspecified atom stereocenters. The van der Waals surface area contributed by atoms with Crippen LogP contribution in [-0.4, -0.2) is 35.6 Å². The summed E-state index contributed by atoms with van der Waals surface area (Å²) in [5, 5.41) is 3.93. The van der Waals surface area contributed by atoms with Crippen LogP contribution in [0.2, 0.25) is 0 Å². The molecule has 0 atom stereocenters. The number of carbonyl (C=O) groups is 1. The second kappa shape index (κ2) is 8.38. The molecule has 0 spiro atoms. The van der Waals surface area contributed by atoms with Crippen molar-refractivity contribution in [2.75, 3.05) is 19.8 Å². The molecule has 3 aromatic rings. The van der Waals surface area contributed by atoms with Gasteiger partial charge in [0, 0.05) is 48.5 Å². The van der Waals surface area contributed by atoms with Crippen LogP contribution < -0.4 is 14.8 Å². The number of aryl methyl sites for hydroxylation is 1. The number of amides is 1. The van der Waals surface area contributed by atoms with E-state index < -0.39 is 0 Å². The molecule has 0 fully saturated rings. The Morgan fingerprint density at radius 1 is 1.15 bits per heavy atom. The molecule has 0 saturated heterocycles. The molecule has 0 aliphatic heterocycles. The number of hydrogen-bond acceptors (Lipinski definition) is 4. The van der Waals surface area contributed by atoms with E-state index >= 15 is 0 Å². The summed E-state index contributed by atoms with van der Waals surface area (Å²) in [6.07, 6.45) is 4.48. The molecule has 3 rings (SSSR count). The van der Waals surface area contributed by atoms with E-state index in [9.17, 15) is 4.79 Å². The first-order valence-electron chi connectivity index (χ1n) is 8.64. The zero-order valence-corrected chi connectivity index (χ0v) is 15.0. The van der Waals surface area contributed by atoms with Crippen LogP contribution >= 0.6 is 0 Å². The number of H-pyrrole nitrogens is 1. The van der Waals surface area contributed by atoms with Crippen molar-refractivity contribution in [3.8, 4) is 11.5 Å². The average molecular weight is 353 g/mol. The second-order valence-electron chi connectivity index (χ2n) is 6.08. The van der Waals surface area contributed by atoms with Crippen LogP contribution in [0.15, 0.2) is 42.7 Å². The number of benzene rings is 1. The van der Waals surface area contributed by atoms with Crippen LogP contribution in [0.1, 0.15) is 18.2 Å². The lowest BCUT2D eigenvalue weighted by Gasteiger charge is -2.09. The van der Waals surface area contributed by atoms with Crippen LogP contribution in [0.5, 0.6) is 11.5 Å². The number of carbonyl (C=O) groups excluding carboxylic acids is 1. The summed E-state index contributed by atoms with van der Waals surface area (Å²) in [5.74, 6) is 1.58. The van der Waals surface area contributed by atoms with Gasteiger partial charge in [-0.2, -0.15) is 0 Å². The number of aromatic amines is 1. The Morgan fingerprint density at radius 2 is 1.92 bits per heavy atom. The van der Waals surface area contributed by atoms with Gasteiger partial charge in [-0.3, -0.25) is 9.78 Å². The average Bonchev–Trinajstić information content (AvgIpc) is 3.01. The Hall–Kier alpha value is -3.02. The Kier molecular flexibility index (Phi) is 5.73. The van der Waals surface area contributed by atoms with Crippen molar-refractivity contribution >= 4 is 16.8 Å². The summed E-state index contributed by atoms with van der Waals surface area (Å²) in [4.78, 5) is 18.4. The first kappa shape index (κ1) is 17.8. The quantitative estimate of drug-likeness (QED) is 0.611. The van der Waals surface area contributed by atoms with Crippen molar-refractivity contribution in [1.82, 2.24) is 15.3 Å². The van der Waals surface area contributed by atoms with Crippen LogP contribution in [0.3, 0.4) is 0 Å². The van der Waals surface area contributed by atoms with E-state index in [1.807, 2.05) is 43.5 Å². The third-order valence-electron chi connectivity index (χ3n) is 4.00. The van der Waals surface area contributed by atoms with Crippen LogP contribution in [0.25, 0.3) is 10.9 Å². The molecule has 0 aliphatic rings. The fourth-order valence-electron chi connectivity index (χ4n) is 2.76. The third-order valence-corrected chi connectivity index (χ3v) is 4.00. The molecule has 2 aromatic heterocycles. The van der Waals surface area contributed by atoms with E-state index in [1.165, 1.54) is 6.92 Å². The molecule has 0 saturated carbocycles. The van der Waals surface area contributed by atoms with Gasteiger partial charge >= 0.3 is 0 Å². The zero-order valence-electron chi connectivity index (χ0n) is 15.0. The summed E-state index contributed by atoms with van der Waals surface area (Å²) in [6, 6.07) is 9.69. The van der Waals surface area contributed by atoms with Crippen LogP contribution in [0, 0.1) is 6.92 Å². The molecule has 2 N–H and O–H groups in total. The predicted octanol–water partition coefficient (Wildman–Crippen LogP) is 3.01. The van der Waals surface area contributed by atoms with E-state index in [0.29, 0.717) is 19.8 Å². The maximum absolute atomic E-state index is 11.0. The lowest BCUT2D eigenvalue weighted by molar-refractivity contribution is -0.118. The van der Waals surface area contributed by atoms with Crippen LogP contribution in [-0.2, 0) is 11.2 Å². The van der Waals surface area contributed by atoms with Gasteiger partial charge in [0.05, 0.1) is 0 Å². The second-order valence-corrected chi connectivity index (χ2v) is 6.08. The van der Waals surface area contributed by atoms with Crippen molar-refractivity contribution in [3.05, 3.63) is 54.0 Å². The molecule has 0 bridgehead atoms. The summed E-state index contributed by atoms with van der Waals surface area (Å²) < 4.78 is 11.5. The molecule has 2 heterocycles. The summed E-state index contributed by atoms with van der Waals surface area (Å²) >= 11 is 0. The van der Waals surface area contributed by atoms with Gasteiger partial charge in [0.25, 0.3) is 0 Å². The number of rotatable bonds is 8. The van der Waals surface area contributed by atoms with Gasteiger partial charge in [0.15, 0.2) is 0 Å². The van der Waals surface area contributed by atoms with Crippen molar-refractivity contribution in [2.45, 2.75) is 20.3 Å². The van der Waals surface area contributed by atoms with Gasteiger partial charge in [-0.1, -0.05) is 0 Å². The lowest BCUT2D eigenvalue weighted by atomic mass is 10.1. The Morgan fingerprint density at radius 3 is 2.65 bits per heavy atom. The number of nitrogens with zero attached hydrogens (tertiary/aromatic N) is 1. The van der Waals surface area contributed by atoms with Gasteiger partial charge in [0.1, 0.15) is 24.7 Å². The number of hydrogen-bond donors (Lipinski definition) is 2. The maximum atomic E-state index is 11.0. The number of aromatic nitrogens is 2. The summed E-state index contributed by atoms with van der Waals surface area (Å²) in [6.45, 7) is 4.99. The van der Waals surface area contributed by atoms with E-state index in [2.05, 4.69) is 15.3 Å². The number of nitrogens with one attached hydrogen (secondary N) is 2. The molecule has 136 valence electrons.